The van der Waals surface area contributed by atoms with E-state index in [-0.39, 0.29) is 13.0 Å². The Hall–Kier alpha value is -0.750. The van der Waals surface area contributed by atoms with E-state index >= 15 is 0 Å². The summed E-state index contributed by atoms with van der Waals surface area (Å²) in [6.45, 7) is 2.48. The second-order valence-electron chi connectivity index (χ2n) is 7.19. The fourth-order valence-corrected chi connectivity index (χ4v) is 4.15. The second kappa shape index (κ2) is 15.1. The van der Waals surface area contributed by atoms with E-state index in [0.717, 1.165) is 31.0 Å². The van der Waals surface area contributed by atoms with Gasteiger partial charge in [-0.15, -0.1) is 11.8 Å². The summed E-state index contributed by atoms with van der Waals surface area (Å²) in [5, 5.41) is 0. The monoisotopic (exact) mass is 422 g/mol. The molecule has 6 heteroatoms. The molecule has 162 valence electrons. The second-order valence-corrected chi connectivity index (χ2v) is 8.30. The van der Waals surface area contributed by atoms with E-state index in [0.29, 0.717) is 12.2 Å². The molecular weight excluding hydrogens is 388 g/mol. The standard InChI is InChI=1S/C22H34F4OS/c1-3-4-5-6-7-8-9-10-11-12-16-28-22-20(25)18(23)17(14-13-15-27-2)19(24)21(22)26/h3-16H2,1-2H3. The van der Waals surface area contributed by atoms with Crippen molar-refractivity contribution in [1.29, 1.82) is 0 Å². The van der Waals surface area contributed by atoms with E-state index in [1.54, 1.807) is 0 Å². The predicted octanol–water partition coefficient (Wildman–Crippen LogP) is 7.84. The Morgan fingerprint density at radius 3 is 1.68 bits per heavy atom. The molecule has 1 aromatic carbocycles. The van der Waals surface area contributed by atoms with Crippen LogP contribution in [0.25, 0.3) is 0 Å². The molecule has 0 unspecified atom stereocenters. The summed E-state index contributed by atoms with van der Waals surface area (Å²) in [5.74, 6) is -4.65. The number of hydrogen-bond acceptors (Lipinski definition) is 2. The molecule has 0 aliphatic carbocycles. The topological polar surface area (TPSA) is 9.23 Å². The number of methoxy groups -OCH3 is 1. The Kier molecular flexibility index (Phi) is 13.7. The highest BCUT2D eigenvalue weighted by Crippen LogP contribution is 2.32. The zero-order chi connectivity index (χ0) is 20.8. The maximum atomic E-state index is 14.2. The van der Waals surface area contributed by atoms with Gasteiger partial charge < -0.3 is 4.74 Å². The van der Waals surface area contributed by atoms with Gasteiger partial charge in [0.25, 0.3) is 0 Å². The fraction of sp³-hybridized carbons (Fsp3) is 0.727. The molecule has 0 heterocycles. The van der Waals surface area contributed by atoms with Crippen LogP contribution in [0.2, 0.25) is 0 Å². The summed E-state index contributed by atoms with van der Waals surface area (Å²) < 4.78 is 61.4. The lowest BCUT2D eigenvalue weighted by Crippen LogP contribution is -2.07. The van der Waals surface area contributed by atoms with Crippen molar-refractivity contribution < 1.29 is 22.3 Å². The van der Waals surface area contributed by atoms with Crippen LogP contribution in [0.1, 0.15) is 83.1 Å². The van der Waals surface area contributed by atoms with Crippen molar-refractivity contribution in [2.75, 3.05) is 19.5 Å². The van der Waals surface area contributed by atoms with Gasteiger partial charge >= 0.3 is 0 Å². The van der Waals surface area contributed by atoms with Gasteiger partial charge in [-0.3, -0.25) is 0 Å². The Balaban J connectivity index is 2.36. The van der Waals surface area contributed by atoms with Crippen molar-refractivity contribution in [3.63, 3.8) is 0 Å². The zero-order valence-corrected chi connectivity index (χ0v) is 18.0. The van der Waals surface area contributed by atoms with E-state index < -0.39 is 33.7 Å². The molecule has 0 N–H and O–H groups in total. The first kappa shape index (κ1) is 25.3. The Morgan fingerprint density at radius 1 is 0.679 bits per heavy atom. The molecule has 1 nitrogen and oxygen atoms in total. The molecule has 0 fully saturated rings. The number of unbranched alkanes of at least 4 members (excludes halogenated alkanes) is 9. The lowest BCUT2D eigenvalue weighted by Gasteiger charge is -2.11. The van der Waals surface area contributed by atoms with Gasteiger partial charge in [-0.2, -0.15) is 0 Å². The molecule has 28 heavy (non-hydrogen) atoms. The van der Waals surface area contributed by atoms with Crippen molar-refractivity contribution in [3.8, 4) is 0 Å². The first-order valence-corrected chi connectivity index (χ1v) is 11.5. The van der Waals surface area contributed by atoms with E-state index in [2.05, 4.69) is 6.92 Å². The Labute approximate surface area is 171 Å². The third kappa shape index (κ3) is 8.73. The van der Waals surface area contributed by atoms with Gasteiger partial charge in [0.15, 0.2) is 23.3 Å². The van der Waals surface area contributed by atoms with Crippen LogP contribution in [0.15, 0.2) is 4.90 Å². The van der Waals surface area contributed by atoms with E-state index in [9.17, 15) is 17.6 Å². The minimum absolute atomic E-state index is 0.0945. The van der Waals surface area contributed by atoms with Crippen LogP contribution in [-0.4, -0.2) is 19.5 Å². The maximum Gasteiger partial charge on any atom is 0.175 e. The summed E-state index contributed by atoms with van der Waals surface area (Å²) in [5.41, 5.74) is -0.532. The summed E-state index contributed by atoms with van der Waals surface area (Å²) in [4.78, 5) is -0.540. The maximum absolute atomic E-state index is 14.2. The van der Waals surface area contributed by atoms with Gasteiger partial charge in [-0.1, -0.05) is 64.7 Å². The van der Waals surface area contributed by atoms with E-state index in [4.69, 9.17) is 4.74 Å². The predicted molar refractivity (Wildman–Crippen MR) is 109 cm³/mol. The minimum Gasteiger partial charge on any atom is -0.385 e. The third-order valence-electron chi connectivity index (χ3n) is 4.83. The molecule has 0 saturated carbocycles. The van der Waals surface area contributed by atoms with E-state index in [1.165, 1.54) is 52.1 Å². The third-order valence-corrected chi connectivity index (χ3v) is 5.97. The van der Waals surface area contributed by atoms with Crippen LogP contribution in [-0.2, 0) is 11.2 Å². The Morgan fingerprint density at radius 2 is 1.18 bits per heavy atom. The molecule has 0 saturated heterocycles. The van der Waals surface area contributed by atoms with Crippen molar-refractivity contribution in [2.24, 2.45) is 0 Å². The number of halogens is 4. The number of hydrogen-bond donors (Lipinski definition) is 0. The molecule has 1 aromatic rings. The van der Waals surface area contributed by atoms with Gasteiger partial charge in [0.05, 0.1) is 4.90 Å². The molecule has 0 aliphatic rings. The largest absolute Gasteiger partial charge is 0.385 e. The van der Waals surface area contributed by atoms with Crippen LogP contribution < -0.4 is 0 Å². The summed E-state index contributed by atoms with van der Waals surface area (Å²) in [6.07, 6.45) is 11.8. The van der Waals surface area contributed by atoms with Crippen molar-refractivity contribution in [3.05, 3.63) is 28.8 Å². The summed E-state index contributed by atoms with van der Waals surface area (Å²) >= 11 is 0.862. The van der Waals surface area contributed by atoms with Gasteiger partial charge in [0.2, 0.25) is 0 Å². The minimum atomic E-state index is -1.28. The van der Waals surface area contributed by atoms with Crippen LogP contribution in [0.4, 0.5) is 17.6 Å². The first-order valence-electron chi connectivity index (χ1n) is 10.5. The molecule has 0 atom stereocenters. The highest BCUT2D eigenvalue weighted by molar-refractivity contribution is 7.99. The summed E-state index contributed by atoms with van der Waals surface area (Å²) in [7, 11) is 1.46. The van der Waals surface area contributed by atoms with Gasteiger partial charge in [0, 0.05) is 19.3 Å². The molecule has 0 radical (unpaired) electrons. The highest BCUT2D eigenvalue weighted by atomic mass is 32.2. The smallest absolute Gasteiger partial charge is 0.175 e. The van der Waals surface area contributed by atoms with Gasteiger partial charge in [-0.25, -0.2) is 17.6 Å². The van der Waals surface area contributed by atoms with E-state index in [1.807, 2.05) is 0 Å². The average molecular weight is 423 g/mol. The quantitative estimate of drug-likeness (QED) is 0.116. The number of benzene rings is 1. The average Bonchev–Trinajstić information content (AvgIpc) is 2.69. The molecular formula is C22H34F4OS. The zero-order valence-electron chi connectivity index (χ0n) is 17.2. The van der Waals surface area contributed by atoms with Crippen molar-refractivity contribution in [2.45, 2.75) is 88.9 Å². The van der Waals surface area contributed by atoms with Gasteiger partial charge in [0.1, 0.15) is 0 Å². The van der Waals surface area contributed by atoms with Gasteiger partial charge in [-0.05, 0) is 25.0 Å². The highest BCUT2D eigenvalue weighted by Gasteiger charge is 2.25. The Bertz CT molecular complexity index is 537. The van der Waals surface area contributed by atoms with Crippen LogP contribution in [0.3, 0.4) is 0 Å². The van der Waals surface area contributed by atoms with Crippen molar-refractivity contribution >= 4 is 11.8 Å². The fourth-order valence-electron chi connectivity index (χ4n) is 3.16. The van der Waals surface area contributed by atoms with Crippen molar-refractivity contribution in [1.82, 2.24) is 0 Å². The molecule has 0 spiro atoms. The normalized spacial score (nSPS) is 11.4. The summed E-state index contributed by atoms with van der Waals surface area (Å²) in [6, 6.07) is 0. The van der Waals surface area contributed by atoms with Crippen LogP contribution in [0, 0.1) is 23.3 Å². The molecule has 0 aromatic heterocycles. The first-order chi connectivity index (χ1) is 13.5. The lowest BCUT2D eigenvalue weighted by molar-refractivity contribution is 0.194. The molecule has 0 aliphatic heterocycles. The number of ether oxygens (including phenoxy) is 1. The lowest BCUT2D eigenvalue weighted by atomic mass is 10.1. The SMILES string of the molecule is CCCCCCCCCCCCSc1c(F)c(F)c(CCCOC)c(F)c1F. The number of rotatable bonds is 16. The van der Waals surface area contributed by atoms with Crippen LogP contribution >= 0.6 is 11.8 Å². The number of thioether (sulfide) groups is 1. The van der Waals surface area contributed by atoms with Crippen LogP contribution in [0.5, 0.6) is 0 Å². The molecule has 0 bridgehead atoms. The molecule has 1 rings (SSSR count). The molecule has 0 amide bonds.